The average molecular weight is 283 g/mol. The number of hydrogen-bond donors (Lipinski definition) is 1. The lowest BCUT2D eigenvalue weighted by molar-refractivity contribution is 0.440. The van der Waals surface area contributed by atoms with Crippen molar-refractivity contribution in [2.24, 2.45) is 5.73 Å². The van der Waals surface area contributed by atoms with Crippen LogP contribution in [0.1, 0.15) is 5.56 Å². The molecule has 0 spiro atoms. The summed E-state index contributed by atoms with van der Waals surface area (Å²) in [6.45, 7) is 0. The highest BCUT2D eigenvalue weighted by molar-refractivity contribution is 7.80. The summed E-state index contributed by atoms with van der Waals surface area (Å²) in [6.07, 6.45) is 2.94. The van der Waals surface area contributed by atoms with Gasteiger partial charge in [0, 0.05) is 6.20 Å². The standard InChI is InChI=1S/C12H8ClFN2OS/c13-8-2-1-3-9(11(8)14)17-10-6-16-5-4-7(10)12(15)18/h1-6H,(H2,15,18). The van der Waals surface area contributed by atoms with Crippen molar-refractivity contribution in [2.75, 3.05) is 0 Å². The first kappa shape index (κ1) is 12.7. The van der Waals surface area contributed by atoms with Crippen LogP contribution in [0.3, 0.4) is 0 Å². The second-order valence-electron chi connectivity index (χ2n) is 3.39. The van der Waals surface area contributed by atoms with Gasteiger partial charge in [-0.2, -0.15) is 0 Å². The first-order valence-electron chi connectivity index (χ1n) is 4.95. The third kappa shape index (κ3) is 2.57. The summed E-state index contributed by atoms with van der Waals surface area (Å²) in [4.78, 5) is 4.03. The van der Waals surface area contributed by atoms with Gasteiger partial charge in [-0.05, 0) is 18.2 Å². The average Bonchev–Trinajstić information content (AvgIpc) is 2.35. The fourth-order valence-corrected chi connectivity index (χ4v) is 1.68. The number of nitrogens with two attached hydrogens (primary N) is 1. The Balaban J connectivity index is 2.40. The van der Waals surface area contributed by atoms with Gasteiger partial charge in [-0.15, -0.1) is 0 Å². The van der Waals surface area contributed by atoms with Crippen LogP contribution >= 0.6 is 23.8 Å². The largest absolute Gasteiger partial charge is 0.452 e. The van der Waals surface area contributed by atoms with Crippen LogP contribution in [0.25, 0.3) is 0 Å². The predicted octanol–water partition coefficient (Wildman–Crippen LogP) is 3.30. The van der Waals surface area contributed by atoms with E-state index in [1.807, 2.05) is 0 Å². The Bertz CT molecular complexity index is 606. The summed E-state index contributed by atoms with van der Waals surface area (Å²) in [5.41, 5.74) is 6.03. The van der Waals surface area contributed by atoms with Crippen molar-refractivity contribution >= 4 is 28.8 Å². The molecule has 92 valence electrons. The number of nitrogens with zero attached hydrogens (tertiary/aromatic N) is 1. The molecule has 2 N–H and O–H groups in total. The summed E-state index contributed by atoms with van der Waals surface area (Å²) in [7, 11) is 0. The van der Waals surface area contributed by atoms with E-state index < -0.39 is 5.82 Å². The van der Waals surface area contributed by atoms with E-state index in [1.54, 1.807) is 12.1 Å². The lowest BCUT2D eigenvalue weighted by atomic mass is 10.2. The first-order chi connectivity index (χ1) is 8.59. The second-order valence-corrected chi connectivity index (χ2v) is 4.24. The fraction of sp³-hybridized carbons (Fsp3) is 0. The zero-order chi connectivity index (χ0) is 13.1. The monoisotopic (exact) mass is 282 g/mol. The van der Waals surface area contributed by atoms with Gasteiger partial charge in [-0.3, -0.25) is 4.98 Å². The number of rotatable bonds is 3. The zero-order valence-electron chi connectivity index (χ0n) is 9.06. The van der Waals surface area contributed by atoms with Gasteiger partial charge in [0.15, 0.2) is 17.3 Å². The molecule has 3 nitrogen and oxygen atoms in total. The van der Waals surface area contributed by atoms with Crippen molar-refractivity contribution in [3.63, 3.8) is 0 Å². The molecule has 18 heavy (non-hydrogen) atoms. The van der Waals surface area contributed by atoms with Gasteiger partial charge in [-0.1, -0.05) is 29.9 Å². The van der Waals surface area contributed by atoms with E-state index in [0.717, 1.165) is 0 Å². The molecular formula is C12H8ClFN2OS. The fourth-order valence-electron chi connectivity index (χ4n) is 1.35. The number of thiocarbonyl (C=S) groups is 1. The van der Waals surface area contributed by atoms with Crippen LogP contribution in [0.2, 0.25) is 5.02 Å². The van der Waals surface area contributed by atoms with E-state index in [-0.39, 0.29) is 21.5 Å². The highest BCUT2D eigenvalue weighted by Gasteiger charge is 2.12. The number of aromatic nitrogens is 1. The number of pyridine rings is 1. The van der Waals surface area contributed by atoms with E-state index in [0.29, 0.717) is 5.56 Å². The van der Waals surface area contributed by atoms with Crippen LogP contribution in [0.15, 0.2) is 36.7 Å². The molecule has 1 heterocycles. The second kappa shape index (κ2) is 5.29. The highest BCUT2D eigenvalue weighted by atomic mass is 35.5. The Labute approximate surface area is 113 Å². The number of ether oxygens (including phenoxy) is 1. The summed E-state index contributed by atoms with van der Waals surface area (Å²) < 4.78 is 19.1. The van der Waals surface area contributed by atoms with Gasteiger partial charge in [0.1, 0.15) is 4.99 Å². The minimum atomic E-state index is -0.642. The molecule has 1 aromatic carbocycles. The van der Waals surface area contributed by atoms with E-state index in [9.17, 15) is 4.39 Å². The Hall–Kier alpha value is -1.72. The number of hydrogen-bond acceptors (Lipinski definition) is 3. The molecule has 0 unspecified atom stereocenters. The Morgan fingerprint density at radius 1 is 1.33 bits per heavy atom. The predicted molar refractivity (Wildman–Crippen MR) is 71.6 cm³/mol. The van der Waals surface area contributed by atoms with Crippen LogP contribution < -0.4 is 10.5 Å². The number of halogens is 2. The van der Waals surface area contributed by atoms with Crippen LogP contribution in [0.5, 0.6) is 11.5 Å². The normalized spacial score (nSPS) is 10.1. The lowest BCUT2D eigenvalue weighted by Crippen LogP contribution is -2.11. The highest BCUT2D eigenvalue weighted by Crippen LogP contribution is 2.30. The molecule has 6 heteroatoms. The molecular weight excluding hydrogens is 275 g/mol. The quantitative estimate of drug-likeness (QED) is 0.878. The summed E-state index contributed by atoms with van der Waals surface area (Å²) in [5.74, 6) is -0.365. The summed E-state index contributed by atoms with van der Waals surface area (Å²) >= 11 is 10.5. The molecule has 0 saturated carbocycles. The molecule has 0 aliphatic rings. The Kier molecular flexibility index (Phi) is 3.74. The minimum absolute atomic E-state index is 0.00648. The zero-order valence-corrected chi connectivity index (χ0v) is 10.6. The molecule has 2 rings (SSSR count). The summed E-state index contributed by atoms with van der Waals surface area (Å²) in [5, 5.41) is -0.0201. The van der Waals surface area contributed by atoms with Gasteiger partial charge in [0.25, 0.3) is 0 Å². The molecule has 0 amide bonds. The van der Waals surface area contributed by atoms with Crippen molar-refractivity contribution in [2.45, 2.75) is 0 Å². The molecule has 0 saturated heterocycles. The van der Waals surface area contributed by atoms with Gasteiger partial charge < -0.3 is 10.5 Å². The van der Waals surface area contributed by atoms with Gasteiger partial charge >= 0.3 is 0 Å². The van der Waals surface area contributed by atoms with Gasteiger partial charge in [0.2, 0.25) is 0 Å². The van der Waals surface area contributed by atoms with Crippen LogP contribution in [0, 0.1) is 5.82 Å². The maximum absolute atomic E-state index is 13.7. The van der Waals surface area contributed by atoms with Crippen molar-refractivity contribution in [1.82, 2.24) is 4.98 Å². The van der Waals surface area contributed by atoms with Crippen molar-refractivity contribution in [3.8, 4) is 11.5 Å². The van der Waals surface area contributed by atoms with Crippen LogP contribution in [0.4, 0.5) is 4.39 Å². The topological polar surface area (TPSA) is 48.1 Å². The molecule has 0 fully saturated rings. The Morgan fingerprint density at radius 3 is 2.83 bits per heavy atom. The molecule has 0 bridgehead atoms. The van der Waals surface area contributed by atoms with Gasteiger partial charge in [-0.25, -0.2) is 4.39 Å². The van der Waals surface area contributed by atoms with E-state index >= 15 is 0 Å². The molecule has 2 aromatic rings. The van der Waals surface area contributed by atoms with E-state index in [4.69, 9.17) is 34.3 Å². The Morgan fingerprint density at radius 2 is 2.11 bits per heavy atom. The molecule has 1 aromatic heterocycles. The lowest BCUT2D eigenvalue weighted by Gasteiger charge is -2.10. The maximum Gasteiger partial charge on any atom is 0.184 e. The van der Waals surface area contributed by atoms with Crippen molar-refractivity contribution < 1.29 is 9.13 Å². The molecule has 0 aliphatic carbocycles. The molecule has 0 radical (unpaired) electrons. The van der Waals surface area contributed by atoms with Gasteiger partial charge in [0.05, 0.1) is 16.8 Å². The third-order valence-electron chi connectivity index (χ3n) is 2.19. The van der Waals surface area contributed by atoms with Crippen molar-refractivity contribution in [1.29, 1.82) is 0 Å². The molecule has 0 aliphatic heterocycles. The number of benzene rings is 1. The van der Waals surface area contributed by atoms with Crippen LogP contribution in [-0.2, 0) is 0 Å². The molecule has 0 atom stereocenters. The SMILES string of the molecule is NC(=S)c1ccncc1Oc1cccc(Cl)c1F. The van der Waals surface area contributed by atoms with E-state index in [2.05, 4.69) is 4.98 Å². The van der Waals surface area contributed by atoms with Crippen LogP contribution in [-0.4, -0.2) is 9.97 Å². The third-order valence-corrected chi connectivity index (χ3v) is 2.70. The summed E-state index contributed by atoms with van der Waals surface area (Å²) in [6, 6.07) is 6.07. The minimum Gasteiger partial charge on any atom is -0.452 e. The smallest absolute Gasteiger partial charge is 0.184 e. The van der Waals surface area contributed by atoms with Crippen molar-refractivity contribution in [3.05, 3.63) is 53.1 Å². The first-order valence-corrected chi connectivity index (χ1v) is 5.74. The van der Waals surface area contributed by atoms with E-state index in [1.165, 1.54) is 24.5 Å². The maximum atomic E-state index is 13.7.